The monoisotopic (exact) mass is 354 g/mol. The molecule has 0 unspecified atom stereocenters. The molecule has 0 spiro atoms. The van der Waals surface area contributed by atoms with Crippen LogP contribution in [-0.2, 0) is 11.2 Å². The number of fused-ring (bicyclic) bond motifs is 1. The lowest BCUT2D eigenvalue weighted by Gasteiger charge is -2.25. The molecular weight excluding hydrogens is 336 g/mol. The van der Waals surface area contributed by atoms with Gasteiger partial charge in [0.25, 0.3) is 5.91 Å². The van der Waals surface area contributed by atoms with Crippen molar-refractivity contribution in [2.24, 2.45) is 5.92 Å². The number of nitrogens with zero attached hydrogens (tertiary/aromatic N) is 3. The van der Waals surface area contributed by atoms with Crippen molar-refractivity contribution in [3.05, 3.63) is 23.7 Å². The summed E-state index contributed by atoms with van der Waals surface area (Å²) in [5.74, 6) is -1.34. The van der Waals surface area contributed by atoms with E-state index in [0.29, 0.717) is 5.92 Å². The molecule has 130 valence electrons. The number of aryl methyl sites for hydroxylation is 1. The minimum Gasteiger partial charge on any atom is -0.507 e. The van der Waals surface area contributed by atoms with E-state index in [-0.39, 0.29) is 29.4 Å². The van der Waals surface area contributed by atoms with E-state index in [2.05, 4.69) is 15.4 Å². The number of amides is 1. The molecule has 0 aliphatic heterocycles. The highest BCUT2D eigenvalue weighted by atomic mass is 35.5. The van der Waals surface area contributed by atoms with Gasteiger partial charge >= 0.3 is 5.97 Å². The summed E-state index contributed by atoms with van der Waals surface area (Å²) in [7, 11) is 0. The van der Waals surface area contributed by atoms with Crippen LogP contribution in [0.2, 0.25) is 0 Å². The van der Waals surface area contributed by atoms with E-state index in [1.165, 1.54) is 36.2 Å². The average molecular weight is 355 g/mol. The van der Waals surface area contributed by atoms with Gasteiger partial charge < -0.3 is 15.5 Å². The van der Waals surface area contributed by atoms with Crippen LogP contribution in [0, 0.1) is 5.92 Å². The van der Waals surface area contributed by atoms with Gasteiger partial charge in [0.05, 0.1) is 0 Å². The lowest BCUT2D eigenvalue weighted by atomic mass is 9.82. The molecule has 3 rings (SSSR count). The maximum absolute atomic E-state index is 12.1. The highest BCUT2D eigenvalue weighted by Crippen LogP contribution is 2.31. The Bertz CT molecular complexity index is 757. The first-order chi connectivity index (χ1) is 11.1. The number of hydrogen-bond donors (Lipinski definition) is 3. The predicted octanol–water partition coefficient (Wildman–Crippen LogP) is 1.40. The maximum Gasteiger partial charge on any atom is 0.322 e. The summed E-state index contributed by atoms with van der Waals surface area (Å²) in [6, 6.07) is 1.51. The molecule has 1 amide bonds. The fraction of sp³-hybridized carbons (Fsp3) is 0.467. The zero-order valence-corrected chi connectivity index (χ0v) is 13.8. The molecule has 2 aromatic heterocycles. The number of hydrogen-bond acceptors (Lipinski definition) is 5. The lowest BCUT2D eigenvalue weighted by Crippen LogP contribution is -2.30. The van der Waals surface area contributed by atoms with Crippen LogP contribution in [0.3, 0.4) is 0 Å². The molecule has 1 aliphatic rings. The number of halogens is 1. The zero-order valence-electron chi connectivity index (χ0n) is 12.9. The maximum atomic E-state index is 12.1. The van der Waals surface area contributed by atoms with E-state index in [4.69, 9.17) is 5.11 Å². The third-order valence-corrected chi connectivity index (χ3v) is 4.26. The summed E-state index contributed by atoms with van der Waals surface area (Å²) in [5, 5.41) is 25.2. The molecule has 0 saturated heterocycles. The molecule has 8 nitrogen and oxygen atoms in total. The lowest BCUT2D eigenvalue weighted by molar-refractivity contribution is -0.135. The molecule has 0 aromatic carbocycles. The normalized spacial score (nSPS) is 14.0. The molecule has 9 heteroatoms. The van der Waals surface area contributed by atoms with Gasteiger partial charge in [-0.05, 0) is 18.8 Å². The van der Waals surface area contributed by atoms with Gasteiger partial charge in [-0.15, -0.1) is 12.4 Å². The van der Waals surface area contributed by atoms with Crippen molar-refractivity contribution >= 4 is 29.9 Å². The van der Waals surface area contributed by atoms with Gasteiger partial charge in [-0.3, -0.25) is 9.59 Å². The molecule has 2 aromatic rings. The fourth-order valence-electron chi connectivity index (χ4n) is 2.80. The SMILES string of the molecule is Cl.O=C(O)CNC(=O)c1c(O)cc(CCC2CCC2)n2ncnc12. The van der Waals surface area contributed by atoms with Crippen molar-refractivity contribution in [1.29, 1.82) is 0 Å². The first-order valence-corrected chi connectivity index (χ1v) is 7.61. The third kappa shape index (κ3) is 3.59. The van der Waals surface area contributed by atoms with Gasteiger partial charge in [-0.2, -0.15) is 5.10 Å². The number of rotatable bonds is 6. The standard InChI is InChI=1S/C15H18N4O4.ClH/c20-11-6-10(5-4-9-2-1-3-9)19-14(17-8-18-19)13(11)15(23)16-7-12(21)22;/h6,8-9,20H,1-5,7H2,(H,16,23)(H,21,22);1H. The van der Waals surface area contributed by atoms with Crippen molar-refractivity contribution in [3.63, 3.8) is 0 Å². The third-order valence-electron chi connectivity index (χ3n) is 4.26. The van der Waals surface area contributed by atoms with Crippen molar-refractivity contribution in [2.75, 3.05) is 6.54 Å². The largest absolute Gasteiger partial charge is 0.507 e. The number of nitrogens with one attached hydrogen (secondary N) is 1. The van der Waals surface area contributed by atoms with Crippen LogP contribution < -0.4 is 5.32 Å². The highest BCUT2D eigenvalue weighted by Gasteiger charge is 2.22. The molecule has 0 bridgehead atoms. The predicted molar refractivity (Wildman–Crippen MR) is 87.5 cm³/mol. The molecule has 0 atom stereocenters. The number of carboxylic acid groups (broad SMARTS) is 1. The van der Waals surface area contributed by atoms with Gasteiger partial charge in [-0.25, -0.2) is 9.50 Å². The van der Waals surface area contributed by atoms with Crippen LogP contribution in [0.5, 0.6) is 5.75 Å². The number of carboxylic acids is 1. The Morgan fingerprint density at radius 3 is 2.75 bits per heavy atom. The first-order valence-electron chi connectivity index (χ1n) is 7.61. The summed E-state index contributed by atoms with van der Waals surface area (Å²) in [4.78, 5) is 26.7. The number of aliphatic carboxylic acids is 1. The Morgan fingerprint density at radius 1 is 1.38 bits per heavy atom. The zero-order chi connectivity index (χ0) is 16.4. The summed E-state index contributed by atoms with van der Waals surface area (Å²) in [5.41, 5.74) is 0.962. The topological polar surface area (TPSA) is 117 Å². The summed E-state index contributed by atoms with van der Waals surface area (Å²) < 4.78 is 1.54. The highest BCUT2D eigenvalue weighted by molar-refractivity contribution is 6.03. The molecule has 2 heterocycles. The smallest absolute Gasteiger partial charge is 0.322 e. The van der Waals surface area contributed by atoms with Crippen molar-refractivity contribution in [3.8, 4) is 5.75 Å². The van der Waals surface area contributed by atoms with E-state index >= 15 is 0 Å². The van der Waals surface area contributed by atoms with Crippen LogP contribution >= 0.6 is 12.4 Å². The second kappa shape index (κ2) is 7.48. The van der Waals surface area contributed by atoms with Crippen LogP contribution in [0.25, 0.3) is 5.65 Å². The van der Waals surface area contributed by atoms with Crippen LogP contribution in [0.4, 0.5) is 0 Å². The van der Waals surface area contributed by atoms with Crippen molar-refractivity contribution in [2.45, 2.75) is 32.1 Å². The minimum absolute atomic E-state index is 0. The Kier molecular flexibility index (Phi) is 5.61. The second-order valence-electron chi connectivity index (χ2n) is 5.80. The van der Waals surface area contributed by atoms with Crippen LogP contribution in [0.15, 0.2) is 12.4 Å². The Labute approximate surface area is 144 Å². The van der Waals surface area contributed by atoms with Gasteiger partial charge in [0, 0.05) is 11.8 Å². The van der Waals surface area contributed by atoms with Crippen LogP contribution in [0.1, 0.15) is 41.7 Å². The van der Waals surface area contributed by atoms with Crippen molar-refractivity contribution in [1.82, 2.24) is 19.9 Å². The van der Waals surface area contributed by atoms with E-state index in [1.807, 2.05) is 0 Å². The quantitative estimate of drug-likeness (QED) is 0.722. The second-order valence-corrected chi connectivity index (χ2v) is 5.80. The van der Waals surface area contributed by atoms with E-state index in [9.17, 15) is 14.7 Å². The van der Waals surface area contributed by atoms with E-state index in [1.54, 1.807) is 0 Å². The number of aromatic nitrogens is 3. The Hall–Kier alpha value is -2.35. The molecular formula is C15H19ClN4O4. The summed E-state index contributed by atoms with van der Waals surface area (Å²) in [6.07, 6.45) is 6.82. The van der Waals surface area contributed by atoms with Gasteiger partial charge in [0.15, 0.2) is 5.65 Å². The van der Waals surface area contributed by atoms with Gasteiger partial charge in [-0.1, -0.05) is 19.3 Å². The van der Waals surface area contributed by atoms with E-state index in [0.717, 1.165) is 18.5 Å². The van der Waals surface area contributed by atoms with Gasteiger partial charge in [0.2, 0.25) is 0 Å². The molecule has 3 N–H and O–H groups in total. The number of pyridine rings is 1. The molecule has 1 saturated carbocycles. The molecule has 1 fully saturated rings. The Morgan fingerprint density at radius 2 is 2.12 bits per heavy atom. The molecule has 24 heavy (non-hydrogen) atoms. The minimum atomic E-state index is -1.16. The first kappa shape index (κ1) is 18.0. The molecule has 1 aliphatic carbocycles. The average Bonchev–Trinajstić information content (AvgIpc) is 2.92. The number of carbonyl (C=O) groups excluding carboxylic acids is 1. The van der Waals surface area contributed by atoms with Crippen LogP contribution in [-0.4, -0.2) is 43.2 Å². The molecule has 0 radical (unpaired) electrons. The number of aromatic hydroxyl groups is 1. The summed E-state index contributed by atoms with van der Waals surface area (Å²) >= 11 is 0. The van der Waals surface area contributed by atoms with Gasteiger partial charge in [0.1, 0.15) is 24.2 Å². The summed E-state index contributed by atoms with van der Waals surface area (Å²) in [6.45, 7) is -0.526. The van der Waals surface area contributed by atoms with E-state index < -0.39 is 18.4 Å². The number of carbonyl (C=O) groups is 2. The fourth-order valence-corrected chi connectivity index (χ4v) is 2.80. The van der Waals surface area contributed by atoms with Crippen molar-refractivity contribution < 1.29 is 19.8 Å². The Balaban J connectivity index is 0.00000208.